The second-order valence-electron chi connectivity index (χ2n) is 4.46. The van der Waals surface area contributed by atoms with Gasteiger partial charge in [0, 0.05) is 0 Å². The van der Waals surface area contributed by atoms with Gasteiger partial charge in [0.05, 0.1) is 21.7 Å². The molecule has 2 aromatic rings. The van der Waals surface area contributed by atoms with E-state index in [4.69, 9.17) is 27.6 Å². The normalized spacial score (nSPS) is 12.6. The molecule has 0 radical (unpaired) electrons. The van der Waals surface area contributed by atoms with Crippen molar-refractivity contribution in [2.75, 3.05) is 6.54 Å². The molecule has 1 N–H and O–H groups in total. The first-order valence-corrected chi connectivity index (χ1v) is 7.44. The van der Waals surface area contributed by atoms with Gasteiger partial charge in [-0.3, -0.25) is 0 Å². The second kappa shape index (κ2) is 7.07. The summed E-state index contributed by atoms with van der Waals surface area (Å²) < 4.78 is 5.73. The van der Waals surface area contributed by atoms with E-state index in [0.717, 1.165) is 19.4 Å². The summed E-state index contributed by atoms with van der Waals surface area (Å²) in [6.07, 6.45) is 1.92. The van der Waals surface area contributed by atoms with E-state index < -0.39 is 0 Å². The zero-order chi connectivity index (χ0) is 14.5. The van der Waals surface area contributed by atoms with Crippen molar-refractivity contribution in [3.05, 3.63) is 34.1 Å². The molecule has 0 amide bonds. The van der Waals surface area contributed by atoms with Crippen LogP contribution in [0.2, 0.25) is 10.0 Å². The van der Waals surface area contributed by atoms with Crippen LogP contribution in [-0.2, 0) is 0 Å². The third-order valence-electron chi connectivity index (χ3n) is 2.96. The Morgan fingerprint density at radius 3 is 2.50 bits per heavy atom. The first-order chi connectivity index (χ1) is 9.67. The molecule has 0 spiro atoms. The average Bonchev–Trinajstić information content (AvgIpc) is 2.89. The maximum atomic E-state index is 6.14. The molecule has 4 nitrogen and oxygen atoms in total. The fraction of sp³-hybridized carbons (Fsp3) is 0.429. The van der Waals surface area contributed by atoms with E-state index in [-0.39, 0.29) is 6.04 Å². The number of nitrogens with zero attached hydrogens (tertiary/aromatic N) is 2. The molecule has 0 saturated carbocycles. The van der Waals surface area contributed by atoms with Gasteiger partial charge in [-0.05, 0) is 31.5 Å². The average molecular weight is 314 g/mol. The van der Waals surface area contributed by atoms with Crippen molar-refractivity contribution in [1.29, 1.82) is 0 Å². The smallest absolute Gasteiger partial charge is 0.250 e. The summed E-state index contributed by atoms with van der Waals surface area (Å²) in [5.74, 6) is 0.916. The Morgan fingerprint density at radius 1 is 1.20 bits per heavy atom. The van der Waals surface area contributed by atoms with Crippen LogP contribution in [0.5, 0.6) is 0 Å². The van der Waals surface area contributed by atoms with E-state index in [2.05, 4.69) is 29.4 Å². The largest absolute Gasteiger partial charge is 0.419 e. The van der Waals surface area contributed by atoms with Crippen LogP contribution in [0.4, 0.5) is 0 Å². The summed E-state index contributed by atoms with van der Waals surface area (Å²) in [5, 5.41) is 12.5. The van der Waals surface area contributed by atoms with Crippen molar-refractivity contribution in [2.24, 2.45) is 0 Å². The van der Waals surface area contributed by atoms with Crippen LogP contribution in [0.15, 0.2) is 22.6 Å². The molecule has 0 aliphatic rings. The lowest BCUT2D eigenvalue weighted by atomic mass is 10.2. The number of halogens is 2. The summed E-state index contributed by atoms with van der Waals surface area (Å²) in [4.78, 5) is 0. The summed E-state index contributed by atoms with van der Waals surface area (Å²) >= 11 is 12.3. The maximum Gasteiger partial charge on any atom is 0.250 e. The highest BCUT2D eigenvalue weighted by atomic mass is 35.5. The van der Waals surface area contributed by atoms with Gasteiger partial charge in [-0.2, -0.15) is 0 Å². The molecule has 1 aromatic heterocycles. The van der Waals surface area contributed by atoms with Crippen LogP contribution in [0.1, 0.15) is 38.6 Å². The molecule has 0 aliphatic heterocycles. The monoisotopic (exact) mass is 313 g/mol. The molecule has 20 heavy (non-hydrogen) atoms. The van der Waals surface area contributed by atoms with Gasteiger partial charge >= 0.3 is 0 Å². The predicted molar refractivity (Wildman–Crippen MR) is 81.1 cm³/mol. The highest BCUT2D eigenvalue weighted by Gasteiger charge is 2.19. The molecule has 6 heteroatoms. The third kappa shape index (κ3) is 3.32. The summed E-state index contributed by atoms with van der Waals surface area (Å²) in [6.45, 7) is 5.09. The third-order valence-corrected chi connectivity index (χ3v) is 3.59. The topological polar surface area (TPSA) is 51.0 Å². The van der Waals surface area contributed by atoms with E-state index in [1.54, 1.807) is 18.2 Å². The lowest BCUT2D eigenvalue weighted by Gasteiger charge is -2.11. The minimum atomic E-state index is 0.0532. The highest BCUT2D eigenvalue weighted by molar-refractivity contribution is 6.38. The van der Waals surface area contributed by atoms with E-state index in [1.165, 1.54) is 0 Å². The van der Waals surface area contributed by atoms with Crippen LogP contribution in [0, 0.1) is 0 Å². The minimum absolute atomic E-state index is 0.0532. The Balaban J connectivity index is 2.28. The van der Waals surface area contributed by atoms with Crippen molar-refractivity contribution in [1.82, 2.24) is 15.5 Å². The van der Waals surface area contributed by atoms with Gasteiger partial charge in [-0.1, -0.05) is 43.1 Å². The molecule has 0 saturated heterocycles. The molecule has 2 rings (SSSR count). The van der Waals surface area contributed by atoms with Crippen LogP contribution in [-0.4, -0.2) is 16.7 Å². The Hall–Kier alpha value is -1.10. The molecule has 0 fully saturated rings. The van der Waals surface area contributed by atoms with Crippen molar-refractivity contribution < 1.29 is 4.42 Å². The molecule has 0 aliphatic carbocycles. The minimum Gasteiger partial charge on any atom is -0.419 e. The Bertz CT molecular complexity index is 551. The first kappa shape index (κ1) is 15.3. The van der Waals surface area contributed by atoms with E-state index in [1.807, 2.05) is 0 Å². The van der Waals surface area contributed by atoms with Gasteiger partial charge in [0.15, 0.2) is 0 Å². The van der Waals surface area contributed by atoms with Crippen molar-refractivity contribution in [3.8, 4) is 11.5 Å². The lowest BCUT2D eigenvalue weighted by molar-refractivity contribution is 0.396. The highest BCUT2D eigenvalue weighted by Crippen LogP contribution is 2.34. The van der Waals surface area contributed by atoms with Gasteiger partial charge < -0.3 is 9.73 Å². The summed E-state index contributed by atoms with van der Waals surface area (Å²) in [5.41, 5.74) is 0.583. The molecule has 108 valence electrons. The van der Waals surface area contributed by atoms with Crippen LogP contribution in [0.3, 0.4) is 0 Å². The Morgan fingerprint density at radius 2 is 1.90 bits per heavy atom. The zero-order valence-electron chi connectivity index (χ0n) is 11.5. The molecule has 1 atom stereocenters. The summed E-state index contributed by atoms with van der Waals surface area (Å²) in [6, 6.07) is 5.33. The number of hydrogen-bond donors (Lipinski definition) is 1. The van der Waals surface area contributed by atoms with Gasteiger partial charge in [-0.25, -0.2) is 0 Å². The standard InChI is InChI=1S/C14H17Cl2N3O/c1-3-8-17-11(4-2)13-18-19-14(20-13)12-9(15)6-5-7-10(12)16/h5-7,11,17H,3-4,8H2,1-2H3. The van der Waals surface area contributed by atoms with Gasteiger partial charge in [0.2, 0.25) is 5.89 Å². The molecule has 1 unspecified atom stereocenters. The van der Waals surface area contributed by atoms with Gasteiger partial charge in [-0.15, -0.1) is 10.2 Å². The fourth-order valence-electron chi connectivity index (χ4n) is 1.90. The number of hydrogen-bond acceptors (Lipinski definition) is 4. The van der Waals surface area contributed by atoms with E-state index in [0.29, 0.717) is 27.4 Å². The predicted octanol–water partition coefficient (Wildman–Crippen LogP) is 4.49. The van der Waals surface area contributed by atoms with Crippen molar-refractivity contribution >= 4 is 23.2 Å². The number of rotatable bonds is 6. The first-order valence-electron chi connectivity index (χ1n) is 6.68. The van der Waals surface area contributed by atoms with Crippen LogP contribution < -0.4 is 5.32 Å². The van der Waals surface area contributed by atoms with Crippen LogP contribution >= 0.6 is 23.2 Å². The SMILES string of the molecule is CCCNC(CC)c1nnc(-c2c(Cl)cccc2Cl)o1. The molecular formula is C14H17Cl2N3O. The number of aromatic nitrogens is 2. The lowest BCUT2D eigenvalue weighted by Crippen LogP contribution is -2.21. The van der Waals surface area contributed by atoms with Crippen molar-refractivity contribution in [2.45, 2.75) is 32.7 Å². The molecule has 1 heterocycles. The number of nitrogens with one attached hydrogen (secondary N) is 1. The van der Waals surface area contributed by atoms with Crippen molar-refractivity contribution in [3.63, 3.8) is 0 Å². The Labute approximate surface area is 128 Å². The number of benzene rings is 1. The maximum absolute atomic E-state index is 6.14. The van der Waals surface area contributed by atoms with Crippen LogP contribution in [0.25, 0.3) is 11.5 Å². The zero-order valence-corrected chi connectivity index (χ0v) is 13.0. The fourth-order valence-corrected chi connectivity index (χ4v) is 2.46. The van der Waals surface area contributed by atoms with Gasteiger partial charge in [0.25, 0.3) is 5.89 Å². The quantitative estimate of drug-likeness (QED) is 0.853. The second-order valence-corrected chi connectivity index (χ2v) is 5.27. The molecule has 1 aromatic carbocycles. The summed E-state index contributed by atoms with van der Waals surface area (Å²) in [7, 11) is 0. The molecular weight excluding hydrogens is 297 g/mol. The Kier molecular flexibility index (Phi) is 5.40. The van der Waals surface area contributed by atoms with E-state index >= 15 is 0 Å². The van der Waals surface area contributed by atoms with Gasteiger partial charge in [0.1, 0.15) is 0 Å². The molecule has 0 bridgehead atoms. The van der Waals surface area contributed by atoms with E-state index in [9.17, 15) is 0 Å².